The monoisotopic (exact) mass is 344 g/mol. The third-order valence-electron chi connectivity index (χ3n) is 3.79. The maximum absolute atomic E-state index is 11.7. The minimum absolute atomic E-state index is 0.196. The second kappa shape index (κ2) is 8.51. The maximum Gasteiger partial charge on any atom is 0.513 e. The topological polar surface area (TPSA) is 61.8 Å². The Morgan fingerprint density at radius 2 is 1.76 bits per heavy atom. The molecule has 0 unspecified atom stereocenters. The molecule has 25 heavy (non-hydrogen) atoms. The SMILES string of the molecule is CCOC(=O)Oc1cc(CC(C)C)c2ccc(CC(=O)OC)ccc1-2. The highest BCUT2D eigenvalue weighted by atomic mass is 16.7. The van der Waals surface area contributed by atoms with Crippen LogP contribution in [0.15, 0.2) is 30.3 Å². The van der Waals surface area contributed by atoms with E-state index >= 15 is 0 Å². The molecule has 0 aromatic carbocycles. The highest BCUT2D eigenvalue weighted by molar-refractivity contribution is 5.81. The fourth-order valence-corrected chi connectivity index (χ4v) is 2.71. The lowest BCUT2D eigenvalue weighted by Crippen LogP contribution is -2.09. The van der Waals surface area contributed by atoms with Crippen molar-refractivity contribution in [2.45, 2.75) is 33.6 Å². The number of carbonyl (C=O) groups is 2. The summed E-state index contributed by atoms with van der Waals surface area (Å²) < 4.78 is 15.0. The van der Waals surface area contributed by atoms with Gasteiger partial charge in [-0.3, -0.25) is 4.79 Å². The number of rotatable bonds is 6. The third kappa shape index (κ3) is 4.95. The first-order chi connectivity index (χ1) is 11.9. The molecule has 0 aliphatic heterocycles. The summed E-state index contributed by atoms with van der Waals surface area (Å²) >= 11 is 0. The fourth-order valence-electron chi connectivity index (χ4n) is 2.71. The quantitative estimate of drug-likeness (QED) is 0.734. The Hall–Kier alpha value is -2.56. The van der Waals surface area contributed by atoms with Crippen LogP contribution in [0.25, 0.3) is 11.1 Å². The lowest BCUT2D eigenvalue weighted by molar-refractivity contribution is -0.139. The first kappa shape index (κ1) is 18.8. The number of methoxy groups -OCH3 is 1. The van der Waals surface area contributed by atoms with Gasteiger partial charge in [-0.2, -0.15) is 0 Å². The van der Waals surface area contributed by atoms with Crippen LogP contribution in [0, 0.1) is 5.92 Å². The minimum atomic E-state index is -0.716. The van der Waals surface area contributed by atoms with E-state index in [1.165, 1.54) is 7.11 Å². The molecule has 0 bridgehead atoms. The number of hydrogen-bond donors (Lipinski definition) is 0. The Labute approximate surface area is 148 Å². The van der Waals surface area contributed by atoms with Crippen molar-refractivity contribution in [3.63, 3.8) is 0 Å². The molecule has 0 spiro atoms. The second-order valence-corrected chi connectivity index (χ2v) is 6.24. The standard InChI is InChI=1S/C20H24O5/c1-5-24-20(22)25-18-12-15(10-13(2)3)16-8-6-14(7-9-17(16)18)11-19(21)23-4/h6-9,12-13H,5,10-11H2,1-4H3. The van der Waals surface area contributed by atoms with Crippen LogP contribution in [0.1, 0.15) is 31.9 Å². The van der Waals surface area contributed by atoms with E-state index in [2.05, 4.69) is 13.8 Å². The van der Waals surface area contributed by atoms with Gasteiger partial charge in [-0.05, 0) is 42.0 Å². The molecular formula is C20H24O5. The first-order valence-electron chi connectivity index (χ1n) is 8.40. The first-order valence-corrected chi connectivity index (χ1v) is 8.40. The lowest BCUT2D eigenvalue weighted by atomic mass is 10.0. The Morgan fingerprint density at radius 3 is 2.36 bits per heavy atom. The number of fused-ring (bicyclic) bond motifs is 1. The van der Waals surface area contributed by atoms with Gasteiger partial charge in [0.25, 0.3) is 0 Å². The molecule has 0 heterocycles. The normalized spacial score (nSPS) is 10.8. The Morgan fingerprint density at radius 1 is 1.08 bits per heavy atom. The van der Waals surface area contributed by atoms with E-state index in [9.17, 15) is 9.59 Å². The summed E-state index contributed by atoms with van der Waals surface area (Å²) in [7, 11) is 1.37. The van der Waals surface area contributed by atoms with Crippen molar-refractivity contribution in [2.24, 2.45) is 5.92 Å². The van der Waals surface area contributed by atoms with Gasteiger partial charge in [-0.15, -0.1) is 0 Å². The molecule has 0 aromatic heterocycles. The second-order valence-electron chi connectivity index (χ2n) is 6.24. The van der Waals surface area contributed by atoms with Crippen molar-refractivity contribution in [1.82, 2.24) is 0 Å². The van der Waals surface area contributed by atoms with Gasteiger partial charge in [0.2, 0.25) is 0 Å². The van der Waals surface area contributed by atoms with Gasteiger partial charge in [0.05, 0.1) is 20.1 Å². The highest BCUT2D eigenvalue weighted by Gasteiger charge is 2.19. The van der Waals surface area contributed by atoms with Crippen molar-refractivity contribution >= 4 is 12.1 Å². The number of carbonyl (C=O) groups excluding carboxylic acids is 2. The molecule has 2 aliphatic rings. The van der Waals surface area contributed by atoms with Crippen LogP contribution in [-0.4, -0.2) is 25.8 Å². The summed E-state index contributed by atoms with van der Waals surface area (Å²) in [6.45, 7) is 6.26. The molecule has 0 atom stereocenters. The van der Waals surface area contributed by atoms with Crippen molar-refractivity contribution in [3.05, 3.63) is 41.5 Å². The van der Waals surface area contributed by atoms with Crippen molar-refractivity contribution in [3.8, 4) is 16.9 Å². The predicted molar refractivity (Wildman–Crippen MR) is 95.0 cm³/mol. The molecule has 0 N–H and O–H groups in total. The summed E-state index contributed by atoms with van der Waals surface area (Å²) in [5.41, 5.74) is 3.76. The smallest absolute Gasteiger partial charge is 0.469 e. The van der Waals surface area contributed by atoms with E-state index in [0.29, 0.717) is 11.7 Å². The average molecular weight is 344 g/mol. The third-order valence-corrected chi connectivity index (χ3v) is 3.79. The van der Waals surface area contributed by atoms with E-state index in [4.69, 9.17) is 14.2 Å². The molecule has 0 radical (unpaired) electrons. The fraction of sp³-hybridized carbons (Fsp3) is 0.400. The summed E-state index contributed by atoms with van der Waals surface area (Å²) in [5, 5.41) is 0. The molecule has 2 rings (SSSR count). The van der Waals surface area contributed by atoms with E-state index in [-0.39, 0.29) is 19.0 Å². The van der Waals surface area contributed by atoms with Crippen LogP contribution < -0.4 is 4.74 Å². The summed E-state index contributed by atoms with van der Waals surface area (Å²) in [5.74, 6) is 0.640. The van der Waals surface area contributed by atoms with E-state index < -0.39 is 6.16 Å². The number of esters is 1. The Bertz CT molecular complexity index is 720. The van der Waals surface area contributed by atoms with Crippen LogP contribution in [0.5, 0.6) is 5.75 Å². The zero-order chi connectivity index (χ0) is 18.4. The molecule has 2 aliphatic carbocycles. The molecule has 0 amide bonds. The zero-order valence-corrected chi connectivity index (χ0v) is 15.1. The predicted octanol–water partition coefficient (Wildman–Crippen LogP) is 4.24. The lowest BCUT2D eigenvalue weighted by Gasteiger charge is -2.04. The van der Waals surface area contributed by atoms with Crippen molar-refractivity contribution < 1.29 is 23.8 Å². The van der Waals surface area contributed by atoms with Gasteiger partial charge in [0.1, 0.15) is 5.75 Å². The highest BCUT2D eigenvalue weighted by Crippen LogP contribution is 2.39. The zero-order valence-electron chi connectivity index (χ0n) is 15.1. The van der Waals surface area contributed by atoms with Gasteiger partial charge >= 0.3 is 12.1 Å². The van der Waals surface area contributed by atoms with Crippen LogP contribution in [0.2, 0.25) is 0 Å². The minimum Gasteiger partial charge on any atom is -0.469 e. The van der Waals surface area contributed by atoms with Crippen molar-refractivity contribution in [2.75, 3.05) is 13.7 Å². The van der Waals surface area contributed by atoms with Crippen LogP contribution >= 0.6 is 0 Å². The maximum atomic E-state index is 11.7. The van der Waals surface area contributed by atoms with E-state index in [1.54, 1.807) is 6.92 Å². The van der Waals surface area contributed by atoms with Gasteiger partial charge in [0, 0.05) is 5.56 Å². The van der Waals surface area contributed by atoms with Crippen LogP contribution in [-0.2, 0) is 27.1 Å². The van der Waals surface area contributed by atoms with E-state index in [1.807, 2.05) is 30.3 Å². The Kier molecular flexibility index (Phi) is 6.39. The van der Waals surface area contributed by atoms with Crippen LogP contribution in [0.3, 0.4) is 0 Å². The Balaban J connectivity index is 2.42. The van der Waals surface area contributed by atoms with Crippen LogP contribution in [0.4, 0.5) is 4.79 Å². The summed E-state index contributed by atoms with van der Waals surface area (Å²) in [6, 6.07) is 9.46. The average Bonchev–Trinajstić information content (AvgIpc) is 2.72. The molecule has 5 nitrogen and oxygen atoms in total. The van der Waals surface area contributed by atoms with Gasteiger partial charge in [0.15, 0.2) is 0 Å². The summed E-state index contributed by atoms with van der Waals surface area (Å²) in [6.07, 6.45) is 0.340. The molecule has 134 valence electrons. The molecule has 0 saturated heterocycles. The molecular weight excluding hydrogens is 320 g/mol. The van der Waals surface area contributed by atoms with Crippen molar-refractivity contribution in [1.29, 1.82) is 0 Å². The molecule has 0 aromatic rings. The summed E-state index contributed by atoms with van der Waals surface area (Å²) in [4.78, 5) is 23.2. The molecule has 5 heteroatoms. The van der Waals surface area contributed by atoms with E-state index in [0.717, 1.165) is 28.7 Å². The van der Waals surface area contributed by atoms with Gasteiger partial charge < -0.3 is 14.2 Å². The number of ether oxygens (including phenoxy) is 3. The largest absolute Gasteiger partial charge is 0.513 e. The van der Waals surface area contributed by atoms with Gasteiger partial charge in [-0.1, -0.05) is 38.1 Å². The molecule has 0 saturated carbocycles. The van der Waals surface area contributed by atoms with Gasteiger partial charge in [-0.25, -0.2) is 4.79 Å². The number of hydrogen-bond acceptors (Lipinski definition) is 5. The molecule has 0 fully saturated rings.